The van der Waals surface area contributed by atoms with Gasteiger partial charge in [-0.05, 0) is 50.2 Å². The topological polar surface area (TPSA) is 89.5 Å². The predicted molar refractivity (Wildman–Crippen MR) is 115 cm³/mol. The van der Waals surface area contributed by atoms with Crippen LogP contribution in [-0.4, -0.2) is 17.7 Å². The van der Waals surface area contributed by atoms with E-state index >= 15 is 0 Å². The molecule has 2 aromatic rings. The summed E-state index contributed by atoms with van der Waals surface area (Å²) in [5.74, 6) is -0.407. The Labute approximate surface area is 179 Å². The zero-order chi connectivity index (χ0) is 21.4. The third-order valence-electron chi connectivity index (χ3n) is 5.08. The van der Waals surface area contributed by atoms with Gasteiger partial charge >= 0.3 is 5.97 Å². The van der Waals surface area contributed by atoms with E-state index in [1.54, 1.807) is 19.1 Å². The van der Waals surface area contributed by atoms with Crippen LogP contribution in [0.5, 0.6) is 0 Å². The van der Waals surface area contributed by atoms with Crippen LogP contribution in [-0.2, 0) is 9.53 Å². The third-order valence-corrected chi connectivity index (χ3v) is 6.10. The minimum Gasteiger partial charge on any atom is -0.463 e. The van der Waals surface area contributed by atoms with Gasteiger partial charge < -0.3 is 9.64 Å². The Hall–Kier alpha value is -3.55. The molecule has 1 atom stereocenters. The molecule has 30 heavy (non-hydrogen) atoms. The molecular weight excluding hydrogens is 396 g/mol. The highest BCUT2D eigenvalue weighted by Gasteiger charge is 2.42. The van der Waals surface area contributed by atoms with E-state index in [-0.39, 0.29) is 6.61 Å². The van der Waals surface area contributed by atoms with Gasteiger partial charge in [-0.2, -0.15) is 10.5 Å². The largest absolute Gasteiger partial charge is 0.463 e. The second-order valence-electron chi connectivity index (χ2n) is 6.99. The molecule has 0 aliphatic carbocycles. The molecule has 7 heteroatoms. The fraction of sp³-hybridized carbons (Fsp3) is 0.217. The number of rotatable bonds is 3. The number of nitrogens with zero attached hydrogens (tertiary/aromatic N) is 4. The fourth-order valence-electron chi connectivity index (χ4n) is 3.66. The maximum atomic E-state index is 12.9. The van der Waals surface area contributed by atoms with Gasteiger partial charge in [0.25, 0.3) is 0 Å². The summed E-state index contributed by atoms with van der Waals surface area (Å²) in [4.78, 5) is 20.4. The number of carbonyl (C=O) groups excluding carboxylic acids is 1. The van der Waals surface area contributed by atoms with Crippen molar-refractivity contribution >= 4 is 28.6 Å². The Morgan fingerprint density at radius 2 is 1.83 bits per heavy atom. The first-order valence-corrected chi connectivity index (χ1v) is 10.3. The van der Waals surface area contributed by atoms with Crippen molar-refractivity contribution in [3.05, 3.63) is 69.9 Å². The average Bonchev–Trinajstić information content (AvgIpc) is 3.09. The number of hydrogen-bond acceptors (Lipinski definition) is 7. The summed E-state index contributed by atoms with van der Waals surface area (Å²) < 4.78 is 5.35. The second-order valence-corrected chi connectivity index (χ2v) is 8.00. The van der Waals surface area contributed by atoms with E-state index in [0.29, 0.717) is 27.6 Å². The number of aliphatic imine (C=N–C) groups is 1. The van der Waals surface area contributed by atoms with Gasteiger partial charge in [0, 0.05) is 4.90 Å². The number of benzene rings is 2. The molecule has 2 aliphatic heterocycles. The Bertz CT molecular complexity index is 1200. The third kappa shape index (κ3) is 3.14. The lowest BCUT2D eigenvalue weighted by Gasteiger charge is -2.35. The van der Waals surface area contributed by atoms with Crippen molar-refractivity contribution in [3.8, 4) is 12.1 Å². The summed E-state index contributed by atoms with van der Waals surface area (Å²) in [6.45, 7) is 5.86. The number of amidine groups is 1. The van der Waals surface area contributed by atoms with Gasteiger partial charge in [0.2, 0.25) is 0 Å². The number of anilines is 1. The minimum atomic E-state index is -0.439. The molecule has 0 saturated heterocycles. The highest BCUT2D eigenvalue weighted by atomic mass is 32.2. The maximum absolute atomic E-state index is 12.9. The molecule has 2 heterocycles. The van der Waals surface area contributed by atoms with Crippen LogP contribution >= 0.6 is 11.8 Å². The van der Waals surface area contributed by atoms with Gasteiger partial charge in [0.05, 0.1) is 40.7 Å². The summed E-state index contributed by atoms with van der Waals surface area (Å²) in [5.41, 5.74) is 4.49. The van der Waals surface area contributed by atoms with Gasteiger partial charge in [0.15, 0.2) is 5.17 Å². The lowest BCUT2D eigenvalue weighted by Crippen LogP contribution is -2.37. The average molecular weight is 414 g/mol. The van der Waals surface area contributed by atoms with Crippen molar-refractivity contribution in [1.29, 1.82) is 10.5 Å². The molecule has 0 N–H and O–H groups in total. The fourth-order valence-corrected chi connectivity index (χ4v) is 4.78. The zero-order valence-corrected chi connectivity index (χ0v) is 17.6. The number of esters is 1. The van der Waals surface area contributed by atoms with Crippen LogP contribution in [0, 0.1) is 29.6 Å². The molecule has 0 amide bonds. The SMILES string of the molecule is CCOC(=O)C1=C(C)N=C2Sc3cc(C#N)c(C#N)cc3N2C1c1ccc(C)cc1. The summed E-state index contributed by atoms with van der Waals surface area (Å²) >= 11 is 1.43. The summed E-state index contributed by atoms with van der Waals surface area (Å²) in [7, 11) is 0. The highest BCUT2D eigenvalue weighted by molar-refractivity contribution is 8.14. The summed E-state index contributed by atoms with van der Waals surface area (Å²) in [6.07, 6.45) is 0. The van der Waals surface area contributed by atoms with Crippen LogP contribution in [0.15, 0.2) is 57.6 Å². The van der Waals surface area contributed by atoms with Crippen molar-refractivity contribution in [2.75, 3.05) is 11.5 Å². The zero-order valence-electron chi connectivity index (χ0n) is 16.8. The van der Waals surface area contributed by atoms with Crippen molar-refractivity contribution in [2.24, 2.45) is 4.99 Å². The first kappa shape index (κ1) is 19.8. The van der Waals surface area contributed by atoms with Crippen LogP contribution in [0.2, 0.25) is 0 Å². The maximum Gasteiger partial charge on any atom is 0.338 e. The smallest absolute Gasteiger partial charge is 0.338 e. The number of thioether (sulfide) groups is 1. The standard InChI is InChI=1S/C23H18N4O2S/c1-4-29-22(28)20-14(3)26-23-27(21(20)15-7-5-13(2)6-8-15)18-9-16(11-24)17(12-25)10-19(18)30-23/h5-10,21H,4H2,1-3H3. The normalized spacial score (nSPS) is 16.9. The Morgan fingerprint density at radius 1 is 1.17 bits per heavy atom. The second kappa shape index (κ2) is 7.70. The Balaban J connectivity index is 1.94. The van der Waals surface area contributed by atoms with Gasteiger partial charge in [0.1, 0.15) is 12.1 Å². The van der Waals surface area contributed by atoms with Gasteiger partial charge in [-0.3, -0.25) is 0 Å². The van der Waals surface area contributed by atoms with Crippen LogP contribution in [0.4, 0.5) is 5.69 Å². The molecule has 148 valence electrons. The molecule has 0 bridgehead atoms. The molecular formula is C23H18N4O2S. The molecule has 6 nitrogen and oxygen atoms in total. The molecule has 1 unspecified atom stereocenters. The van der Waals surface area contributed by atoms with Crippen LogP contribution in [0.3, 0.4) is 0 Å². The lowest BCUT2D eigenvalue weighted by molar-refractivity contribution is -0.138. The van der Waals surface area contributed by atoms with Gasteiger partial charge in [-0.1, -0.05) is 29.8 Å². The molecule has 4 rings (SSSR count). The van der Waals surface area contributed by atoms with Gasteiger partial charge in [-0.15, -0.1) is 0 Å². The van der Waals surface area contributed by atoms with Crippen LogP contribution in [0.25, 0.3) is 0 Å². The van der Waals surface area contributed by atoms with Crippen molar-refractivity contribution in [1.82, 2.24) is 0 Å². The van der Waals surface area contributed by atoms with E-state index in [4.69, 9.17) is 4.74 Å². The van der Waals surface area contributed by atoms with Crippen LogP contribution in [0.1, 0.15) is 42.1 Å². The van der Waals surface area contributed by atoms with E-state index in [0.717, 1.165) is 21.7 Å². The first-order valence-electron chi connectivity index (χ1n) is 9.47. The van der Waals surface area contributed by atoms with E-state index in [1.165, 1.54) is 11.8 Å². The molecule has 0 saturated carbocycles. The minimum absolute atomic E-state index is 0.266. The van der Waals surface area contributed by atoms with Crippen molar-refractivity contribution < 1.29 is 9.53 Å². The van der Waals surface area contributed by atoms with Crippen LogP contribution < -0.4 is 4.90 Å². The van der Waals surface area contributed by atoms with E-state index in [2.05, 4.69) is 17.1 Å². The van der Waals surface area contributed by atoms with E-state index < -0.39 is 12.0 Å². The van der Waals surface area contributed by atoms with Crippen molar-refractivity contribution in [2.45, 2.75) is 31.7 Å². The number of allylic oxidation sites excluding steroid dienone is 1. The monoisotopic (exact) mass is 414 g/mol. The Morgan fingerprint density at radius 3 is 2.47 bits per heavy atom. The summed E-state index contributed by atoms with van der Waals surface area (Å²) in [5, 5.41) is 19.6. The lowest BCUT2D eigenvalue weighted by atomic mass is 9.93. The Kier molecular flexibility index (Phi) is 5.07. The predicted octanol–water partition coefficient (Wildman–Crippen LogP) is 4.60. The number of nitriles is 2. The van der Waals surface area contributed by atoms with Crippen molar-refractivity contribution in [3.63, 3.8) is 0 Å². The number of carbonyl (C=O) groups is 1. The molecule has 2 aromatic carbocycles. The molecule has 0 spiro atoms. The molecule has 0 radical (unpaired) electrons. The molecule has 2 aliphatic rings. The summed E-state index contributed by atoms with van der Waals surface area (Å²) in [6, 6.07) is 15.1. The van der Waals surface area contributed by atoms with Gasteiger partial charge in [-0.25, -0.2) is 9.79 Å². The van der Waals surface area contributed by atoms with E-state index in [1.807, 2.05) is 43.0 Å². The number of aryl methyl sites for hydroxylation is 1. The molecule has 0 aromatic heterocycles. The number of ether oxygens (including phenoxy) is 1. The number of fused-ring (bicyclic) bond motifs is 3. The molecule has 0 fully saturated rings. The number of hydrogen-bond donors (Lipinski definition) is 0. The quantitative estimate of drug-likeness (QED) is 0.682. The van der Waals surface area contributed by atoms with E-state index in [9.17, 15) is 15.3 Å². The highest BCUT2D eigenvalue weighted by Crippen LogP contribution is 2.50. The first-order chi connectivity index (χ1) is 14.5.